The van der Waals surface area contributed by atoms with E-state index in [-0.39, 0.29) is 41.3 Å². The van der Waals surface area contributed by atoms with Gasteiger partial charge in [-0.2, -0.15) is 0 Å². The molecule has 0 aromatic heterocycles. The maximum Gasteiger partial charge on any atom is 0.314 e. The van der Waals surface area contributed by atoms with E-state index in [0.29, 0.717) is 6.42 Å². The molecule has 4 bridgehead atoms. The van der Waals surface area contributed by atoms with Gasteiger partial charge in [0.1, 0.15) is 30.0 Å². The summed E-state index contributed by atoms with van der Waals surface area (Å²) in [6.07, 6.45) is -2.80. The van der Waals surface area contributed by atoms with Crippen molar-refractivity contribution in [3.63, 3.8) is 0 Å². The molecule has 4 saturated carbocycles. The Hall–Kier alpha value is -0.850. The number of ether oxygens (including phenoxy) is 3. The second-order valence-electron chi connectivity index (χ2n) is 13.0. The molecule has 0 unspecified atom stereocenters. The molecule has 4 aliphatic carbocycles. The highest BCUT2D eigenvalue weighted by molar-refractivity contribution is 5.77. The SMILES string of the molecule is C[C@@]12CCC[C@@](C)(C(=O)O[C@H]3O[C@H](CO)[C@@H](O)[C@H](O)[C@H]3O)[C@H]1CC[C@]13C[C@H]4C[C@H](O[C@@]4(CO)[C@H]1O)[C@@H]23. The first kappa shape index (κ1) is 25.4. The van der Waals surface area contributed by atoms with Crippen LogP contribution in [0.3, 0.4) is 0 Å². The number of fused-ring (bicyclic) bond motifs is 1. The summed E-state index contributed by atoms with van der Waals surface area (Å²) in [6.45, 7) is 3.35. The topological polar surface area (TPSA) is 166 Å². The summed E-state index contributed by atoms with van der Waals surface area (Å²) in [5, 5.41) is 61.8. The van der Waals surface area contributed by atoms with Gasteiger partial charge in [-0.3, -0.25) is 4.79 Å². The second kappa shape index (κ2) is 8.08. The number of hydrogen-bond acceptors (Lipinski definition) is 10. The molecule has 204 valence electrons. The monoisotopic (exact) mass is 512 g/mol. The molecule has 0 aromatic carbocycles. The molecular weight excluding hydrogens is 472 g/mol. The lowest BCUT2D eigenvalue weighted by molar-refractivity contribution is -0.302. The smallest absolute Gasteiger partial charge is 0.314 e. The van der Waals surface area contributed by atoms with Gasteiger partial charge in [0.15, 0.2) is 0 Å². The lowest BCUT2D eigenvalue weighted by atomic mass is 9.40. The molecule has 0 radical (unpaired) electrons. The van der Waals surface area contributed by atoms with Gasteiger partial charge in [0.2, 0.25) is 6.29 Å². The van der Waals surface area contributed by atoms with Crippen LogP contribution in [0.25, 0.3) is 0 Å². The average Bonchev–Trinajstić information content (AvgIpc) is 3.23. The number of hydrogen-bond donors (Lipinski definition) is 6. The molecule has 10 heteroatoms. The second-order valence-corrected chi connectivity index (χ2v) is 13.0. The van der Waals surface area contributed by atoms with Crippen LogP contribution in [0.1, 0.15) is 58.8 Å². The normalized spacial score (nSPS) is 59.4. The van der Waals surface area contributed by atoms with E-state index in [2.05, 4.69) is 6.92 Å². The van der Waals surface area contributed by atoms with Crippen molar-refractivity contribution in [2.75, 3.05) is 13.2 Å². The molecule has 0 amide bonds. The van der Waals surface area contributed by atoms with Crippen LogP contribution in [0.2, 0.25) is 0 Å². The fraction of sp³-hybridized carbons (Fsp3) is 0.962. The Morgan fingerprint density at radius 3 is 2.44 bits per heavy atom. The molecule has 7 rings (SSSR count). The Bertz CT molecular complexity index is 913. The number of carbonyl (C=O) groups excluding carboxylic acids is 1. The van der Waals surface area contributed by atoms with Crippen LogP contribution in [-0.2, 0) is 19.0 Å². The van der Waals surface area contributed by atoms with Crippen molar-refractivity contribution < 1.29 is 49.6 Å². The fourth-order valence-corrected chi connectivity index (χ4v) is 10.1. The maximum absolute atomic E-state index is 13.8. The first-order chi connectivity index (χ1) is 17.0. The van der Waals surface area contributed by atoms with Gasteiger partial charge in [0.25, 0.3) is 0 Å². The average molecular weight is 513 g/mol. The summed E-state index contributed by atoms with van der Waals surface area (Å²) in [6, 6.07) is 0. The number of esters is 1. The van der Waals surface area contributed by atoms with Crippen molar-refractivity contribution in [1.82, 2.24) is 0 Å². The molecule has 0 aromatic rings. The third-order valence-corrected chi connectivity index (χ3v) is 11.6. The highest BCUT2D eigenvalue weighted by atomic mass is 16.7. The summed E-state index contributed by atoms with van der Waals surface area (Å²) in [5.41, 5.74) is -2.35. The fourth-order valence-electron chi connectivity index (χ4n) is 10.1. The van der Waals surface area contributed by atoms with Gasteiger partial charge in [0, 0.05) is 5.41 Å². The van der Waals surface area contributed by atoms with Crippen LogP contribution >= 0.6 is 0 Å². The third kappa shape index (κ3) is 2.93. The Balaban J connectivity index is 1.28. The number of carbonyl (C=O) groups is 1. The van der Waals surface area contributed by atoms with Crippen LogP contribution in [0.4, 0.5) is 0 Å². The molecule has 6 N–H and O–H groups in total. The zero-order valence-corrected chi connectivity index (χ0v) is 21.0. The molecule has 7 fully saturated rings. The maximum atomic E-state index is 13.8. The molecular formula is C26H40O10. The van der Waals surface area contributed by atoms with Crippen LogP contribution in [0.5, 0.6) is 0 Å². The predicted octanol–water partition coefficient (Wildman–Crippen LogP) is -0.547. The molecule has 3 saturated heterocycles. The summed E-state index contributed by atoms with van der Waals surface area (Å²) in [4.78, 5) is 13.8. The van der Waals surface area contributed by atoms with E-state index in [1.165, 1.54) is 0 Å². The molecule has 36 heavy (non-hydrogen) atoms. The first-order valence-corrected chi connectivity index (χ1v) is 13.5. The van der Waals surface area contributed by atoms with Gasteiger partial charge in [-0.1, -0.05) is 13.3 Å². The standard InChI is InChI=1S/C26H40O10/c1-23-5-3-6-24(2,22(33)35-20-18(31)17(30)16(29)14(10-27)34-20)15(23)4-7-25-9-12-8-13(19(23)25)36-26(12,11-28)21(25)32/h12-21,27-32H,3-11H2,1-2H3/t12-,13+,14-,15+,16-,17+,18-,19+,20-,21+,23-,24-,25-,26-/m1/s1. The van der Waals surface area contributed by atoms with Crippen molar-refractivity contribution in [2.45, 2.75) is 107 Å². The van der Waals surface area contributed by atoms with Gasteiger partial charge in [-0.05, 0) is 68.6 Å². The van der Waals surface area contributed by atoms with Crippen molar-refractivity contribution in [1.29, 1.82) is 0 Å². The Labute approximate surface area is 210 Å². The van der Waals surface area contributed by atoms with Crippen LogP contribution in [0.15, 0.2) is 0 Å². The molecule has 3 heterocycles. The van der Waals surface area contributed by atoms with E-state index in [0.717, 1.165) is 38.5 Å². The minimum absolute atomic E-state index is 0.0520. The molecule has 7 aliphatic rings. The molecule has 3 aliphatic heterocycles. The van der Waals surface area contributed by atoms with Crippen molar-refractivity contribution in [3.8, 4) is 0 Å². The predicted molar refractivity (Wildman–Crippen MR) is 122 cm³/mol. The lowest BCUT2D eigenvalue weighted by Crippen LogP contribution is -2.68. The number of aliphatic hydroxyl groups is 6. The third-order valence-electron chi connectivity index (χ3n) is 11.6. The summed E-state index contributed by atoms with van der Waals surface area (Å²) >= 11 is 0. The van der Waals surface area contributed by atoms with Crippen molar-refractivity contribution >= 4 is 5.97 Å². The summed E-state index contributed by atoms with van der Waals surface area (Å²) in [5.74, 6) is -0.357. The van der Waals surface area contributed by atoms with E-state index in [1.807, 2.05) is 6.92 Å². The van der Waals surface area contributed by atoms with Gasteiger partial charge in [-0.25, -0.2) is 0 Å². The molecule has 1 spiro atoms. The van der Waals surface area contributed by atoms with Gasteiger partial charge < -0.3 is 44.8 Å². The van der Waals surface area contributed by atoms with E-state index >= 15 is 0 Å². The van der Waals surface area contributed by atoms with Crippen molar-refractivity contribution in [2.24, 2.45) is 34.0 Å². The van der Waals surface area contributed by atoms with Crippen LogP contribution in [0, 0.1) is 34.0 Å². The largest absolute Gasteiger partial charge is 0.432 e. The van der Waals surface area contributed by atoms with E-state index in [1.54, 1.807) is 0 Å². The zero-order chi connectivity index (χ0) is 25.8. The van der Waals surface area contributed by atoms with E-state index in [4.69, 9.17) is 14.2 Å². The Kier molecular flexibility index (Phi) is 5.71. The first-order valence-electron chi connectivity index (χ1n) is 13.5. The van der Waals surface area contributed by atoms with E-state index < -0.39 is 60.4 Å². The van der Waals surface area contributed by atoms with Crippen LogP contribution < -0.4 is 0 Å². The Morgan fingerprint density at radius 2 is 1.78 bits per heavy atom. The minimum atomic E-state index is -1.64. The molecule has 10 nitrogen and oxygen atoms in total. The summed E-state index contributed by atoms with van der Waals surface area (Å²) in [7, 11) is 0. The zero-order valence-electron chi connectivity index (χ0n) is 21.0. The molecule has 14 atom stereocenters. The highest BCUT2D eigenvalue weighted by Crippen LogP contribution is 2.76. The van der Waals surface area contributed by atoms with Crippen LogP contribution in [-0.4, -0.2) is 98.3 Å². The lowest BCUT2D eigenvalue weighted by Gasteiger charge is -2.66. The van der Waals surface area contributed by atoms with Crippen molar-refractivity contribution in [3.05, 3.63) is 0 Å². The highest BCUT2D eigenvalue weighted by Gasteiger charge is 2.79. The van der Waals surface area contributed by atoms with E-state index in [9.17, 15) is 35.4 Å². The van der Waals surface area contributed by atoms with Gasteiger partial charge in [-0.15, -0.1) is 0 Å². The quantitative estimate of drug-likeness (QED) is 0.269. The summed E-state index contributed by atoms with van der Waals surface area (Å²) < 4.78 is 17.6. The number of rotatable bonds is 4. The Morgan fingerprint density at radius 1 is 1.03 bits per heavy atom. The number of aliphatic hydroxyl groups excluding tert-OH is 6. The minimum Gasteiger partial charge on any atom is -0.432 e. The van der Waals surface area contributed by atoms with Gasteiger partial charge >= 0.3 is 5.97 Å². The van der Waals surface area contributed by atoms with Gasteiger partial charge in [0.05, 0.1) is 30.8 Å².